The fourth-order valence-electron chi connectivity index (χ4n) is 4.48. The largest absolute Gasteiger partial charge is 0.358 e. The molecule has 3 heterocycles. The van der Waals surface area contributed by atoms with Gasteiger partial charge in [-0.05, 0) is 32.9 Å². The third kappa shape index (κ3) is 5.50. The molecule has 0 atom stereocenters. The fourth-order valence-corrected chi connectivity index (χ4v) is 6.97. The van der Waals surface area contributed by atoms with Crippen LogP contribution in [-0.2, 0) is 10.0 Å². The lowest BCUT2D eigenvalue weighted by Crippen LogP contribution is -2.50. The number of anilines is 2. The Morgan fingerprint density at radius 1 is 1.11 bits per heavy atom. The fraction of sp³-hybridized carbons (Fsp3) is 0.400. The Labute approximate surface area is 228 Å². The number of benzene rings is 1. The van der Waals surface area contributed by atoms with E-state index in [4.69, 9.17) is 7.85 Å². The Balaban J connectivity index is 1.52. The lowest BCUT2D eigenvalue weighted by atomic mass is 9.96. The molecule has 1 aliphatic heterocycles. The van der Waals surface area contributed by atoms with Crippen LogP contribution in [0.4, 0.5) is 15.6 Å². The van der Waals surface area contributed by atoms with Gasteiger partial charge in [-0.3, -0.25) is 10.1 Å². The lowest BCUT2D eigenvalue weighted by Gasteiger charge is -2.34. The Kier molecular flexibility index (Phi) is 8.59. The molecule has 3 amide bonds. The van der Waals surface area contributed by atoms with Crippen molar-refractivity contribution in [1.29, 1.82) is 0 Å². The second-order valence-electron chi connectivity index (χ2n) is 8.74. The third-order valence-corrected chi connectivity index (χ3v) is 9.42. The number of rotatable bonds is 8. The number of hydrogen-bond acceptors (Lipinski definition) is 7. The second-order valence-corrected chi connectivity index (χ2v) is 11.7. The summed E-state index contributed by atoms with van der Waals surface area (Å²) in [6, 6.07) is 8.53. The zero-order valence-corrected chi connectivity index (χ0v) is 23.4. The van der Waals surface area contributed by atoms with Crippen LogP contribution in [0.15, 0.2) is 41.4 Å². The maximum atomic E-state index is 13.6. The number of nitrogens with zero attached hydrogens (tertiary/aromatic N) is 4. The summed E-state index contributed by atoms with van der Waals surface area (Å²) < 4.78 is 28.9. The van der Waals surface area contributed by atoms with E-state index >= 15 is 0 Å². The summed E-state index contributed by atoms with van der Waals surface area (Å²) in [6.07, 6.45) is 1.34. The monoisotopic (exact) mass is 554 g/mol. The van der Waals surface area contributed by atoms with E-state index in [9.17, 15) is 18.0 Å². The number of thiophene rings is 1. The number of hydrogen-bond donors (Lipinski definition) is 2. The summed E-state index contributed by atoms with van der Waals surface area (Å²) in [5.74, 6) is 0.310. The molecule has 0 aliphatic carbocycles. The van der Waals surface area contributed by atoms with Gasteiger partial charge < -0.3 is 15.1 Å². The number of carbonyl (C=O) groups excluding carboxylic acids is 2. The molecule has 0 unspecified atom stereocenters. The third-order valence-electron chi connectivity index (χ3n) is 6.47. The maximum absolute atomic E-state index is 13.6. The number of fused-ring (bicyclic) bond motifs is 1. The van der Waals surface area contributed by atoms with E-state index in [1.165, 1.54) is 27.9 Å². The van der Waals surface area contributed by atoms with Crippen molar-refractivity contribution >= 4 is 67.5 Å². The van der Waals surface area contributed by atoms with Gasteiger partial charge in [0.15, 0.2) is 0 Å². The molecule has 0 spiro atoms. The molecule has 0 saturated carbocycles. The van der Waals surface area contributed by atoms with Crippen LogP contribution in [0.5, 0.6) is 0 Å². The van der Waals surface area contributed by atoms with Crippen LogP contribution in [0.3, 0.4) is 0 Å². The van der Waals surface area contributed by atoms with Crippen molar-refractivity contribution in [3.63, 3.8) is 0 Å². The molecule has 0 bridgehead atoms. The number of carbonyl (C=O) groups is 2. The Morgan fingerprint density at radius 2 is 1.79 bits per heavy atom. The lowest BCUT2D eigenvalue weighted by molar-refractivity contribution is 0.0701. The van der Waals surface area contributed by atoms with Crippen LogP contribution in [0.2, 0.25) is 0 Å². The predicted octanol–water partition coefficient (Wildman–Crippen LogP) is 2.22. The normalized spacial score (nSPS) is 14.4. The zero-order valence-electron chi connectivity index (χ0n) is 21.7. The maximum Gasteiger partial charge on any atom is 0.319 e. The molecule has 1 fully saturated rings. The van der Waals surface area contributed by atoms with Crippen molar-refractivity contribution in [3.8, 4) is 0 Å². The summed E-state index contributed by atoms with van der Waals surface area (Å²) >= 11 is 1.33. The molecular formula is C25H31BN6O4S2. The standard InChI is InChI=1S/C25H31BN6O4S2/c1-4-27-25(34)29-23-21(18-9-7-8-10-20(18)37-23)24(33)31-11-13-32(14-12-31)38(35,36)17-15-19(26)22(28-16-17)30(5-2)6-3/h7-10,15-16H,4-6,11-14H2,1-3H3,(H2,27,29,34). The highest BCUT2D eigenvalue weighted by Gasteiger charge is 2.33. The first-order valence-corrected chi connectivity index (χ1v) is 14.8. The molecule has 1 aromatic carbocycles. The molecule has 1 aliphatic rings. The summed E-state index contributed by atoms with van der Waals surface area (Å²) in [6.45, 7) is 8.32. The van der Waals surface area contributed by atoms with Gasteiger partial charge in [-0.1, -0.05) is 23.7 Å². The number of piperazine rings is 1. The molecular weight excluding hydrogens is 523 g/mol. The molecule has 3 aromatic rings. The van der Waals surface area contributed by atoms with Gasteiger partial charge in [-0.25, -0.2) is 18.2 Å². The molecule has 4 rings (SSSR count). The van der Waals surface area contributed by atoms with Crippen molar-refractivity contribution in [3.05, 3.63) is 42.1 Å². The van der Waals surface area contributed by atoms with Crippen LogP contribution >= 0.6 is 11.3 Å². The van der Waals surface area contributed by atoms with Crippen molar-refractivity contribution < 1.29 is 18.0 Å². The van der Waals surface area contributed by atoms with Gasteiger partial charge in [0.1, 0.15) is 23.6 Å². The van der Waals surface area contributed by atoms with Crippen molar-refractivity contribution in [2.75, 3.05) is 56.0 Å². The highest BCUT2D eigenvalue weighted by Crippen LogP contribution is 2.36. The van der Waals surface area contributed by atoms with Crippen LogP contribution in [0.25, 0.3) is 10.1 Å². The first-order chi connectivity index (χ1) is 18.2. The van der Waals surface area contributed by atoms with Crippen LogP contribution in [0.1, 0.15) is 31.1 Å². The summed E-state index contributed by atoms with van der Waals surface area (Å²) in [5, 5.41) is 6.69. The number of amides is 3. The molecule has 200 valence electrons. The minimum atomic E-state index is -3.84. The second kappa shape index (κ2) is 11.7. The van der Waals surface area contributed by atoms with Gasteiger partial charge >= 0.3 is 6.03 Å². The van der Waals surface area contributed by atoms with E-state index < -0.39 is 10.0 Å². The number of urea groups is 1. The molecule has 10 nitrogen and oxygen atoms in total. The van der Waals surface area contributed by atoms with Crippen LogP contribution in [-0.4, -0.2) is 88.2 Å². The van der Waals surface area contributed by atoms with Gasteiger partial charge in [0.25, 0.3) is 5.91 Å². The van der Waals surface area contributed by atoms with Gasteiger partial charge in [-0.15, -0.1) is 11.3 Å². The van der Waals surface area contributed by atoms with E-state index in [2.05, 4.69) is 15.6 Å². The van der Waals surface area contributed by atoms with Crippen molar-refractivity contribution in [1.82, 2.24) is 19.5 Å². The molecule has 2 N–H and O–H groups in total. The average molecular weight is 555 g/mol. The molecule has 38 heavy (non-hydrogen) atoms. The first-order valence-electron chi connectivity index (χ1n) is 12.6. The summed E-state index contributed by atoms with van der Waals surface area (Å²) in [5.41, 5.74) is 0.720. The topological polar surface area (TPSA) is 115 Å². The minimum absolute atomic E-state index is 0.0305. The van der Waals surface area contributed by atoms with Gasteiger partial charge in [0.2, 0.25) is 10.0 Å². The number of sulfonamides is 1. The van der Waals surface area contributed by atoms with E-state index in [1.807, 2.05) is 49.9 Å². The Morgan fingerprint density at radius 3 is 2.42 bits per heavy atom. The van der Waals surface area contributed by atoms with E-state index in [0.717, 1.165) is 10.1 Å². The minimum Gasteiger partial charge on any atom is -0.358 e. The van der Waals surface area contributed by atoms with E-state index in [0.29, 0.717) is 41.5 Å². The Bertz CT molecular complexity index is 1430. The zero-order chi connectivity index (χ0) is 27.4. The molecule has 2 radical (unpaired) electrons. The summed E-state index contributed by atoms with van der Waals surface area (Å²) in [7, 11) is 2.32. The number of pyridine rings is 1. The summed E-state index contributed by atoms with van der Waals surface area (Å²) in [4.78, 5) is 33.8. The van der Waals surface area contributed by atoms with Crippen molar-refractivity contribution in [2.45, 2.75) is 25.7 Å². The molecule has 2 aromatic heterocycles. The average Bonchev–Trinajstić information content (AvgIpc) is 3.27. The van der Waals surface area contributed by atoms with Gasteiger partial charge in [0, 0.05) is 62.1 Å². The predicted molar refractivity (Wildman–Crippen MR) is 152 cm³/mol. The number of nitrogens with one attached hydrogen (secondary N) is 2. The first kappa shape index (κ1) is 27.9. The van der Waals surface area contributed by atoms with E-state index in [1.54, 1.807) is 4.90 Å². The van der Waals surface area contributed by atoms with Gasteiger partial charge in [0.05, 0.1) is 5.56 Å². The molecule has 1 saturated heterocycles. The van der Waals surface area contributed by atoms with Crippen molar-refractivity contribution in [2.24, 2.45) is 0 Å². The SMILES string of the molecule is [B]c1cc(S(=O)(=O)N2CCN(C(=O)c3c(NC(=O)NCC)sc4ccccc34)CC2)cnc1N(CC)CC. The number of aromatic nitrogens is 1. The quantitative estimate of drug-likeness (QED) is 0.413. The van der Waals surface area contributed by atoms with Crippen LogP contribution < -0.4 is 21.0 Å². The van der Waals surface area contributed by atoms with Crippen LogP contribution in [0, 0.1) is 0 Å². The highest BCUT2D eigenvalue weighted by molar-refractivity contribution is 7.89. The highest BCUT2D eigenvalue weighted by atomic mass is 32.2. The van der Waals surface area contributed by atoms with E-state index in [-0.39, 0.29) is 43.0 Å². The Hall–Kier alpha value is -3.16. The van der Waals surface area contributed by atoms with Gasteiger partial charge in [-0.2, -0.15) is 4.31 Å². The molecule has 13 heteroatoms. The smallest absolute Gasteiger partial charge is 0.319 e.